The minimum atomic E-state index is 0.518. The van der Waals surface area contributed by atoms with E-state index in [4.69, 9.17) is 9.26 Å². The van der Waals surface area contributed by atoms with E-state index in [0.717, 1.165) is 58.2 Å². The fourth-order valence-electron chi connectivity index (χ4n) is 3.78. The Morgan fingerprint density at radius 3 is 2.92 bits per heavy atom. The summed E-state index contributed by atoms with van der Waals surface area (Å²) in [7, 11) is 0. The highest BCUT2D eigenvalue weighted by molar-refractivity contribution is 5.21. The highest BCUT2D eigenvalue weighted by Crippen LogP contribution is 2.29. The standard InChI is InChI=1S/C17H25N5O2/c1-2-14(11-22(4-1)13-16-3-7-24-20-16)17-15(10-18-19-17)12-21-5-8-23-9-6-21/h3,7,10,14H,1-2,4-6,8-9,11-13H2,(H,18,19). The van der Waals surface area contributed by atoms with Crippen molar-refractivity contribution in [3.05, 3.63) is 35.5 Å². The number of piperidine rings is 1. The normalized spacial score (nSPS) is 23.6. The average molecular weight is 331 g/mol. The summed E-state index contributed by atoms with van der Waals surface area (Å²) in [6, 6.07) is 1.95. The number of morpholine rings is 1. The maximum atomic E-state index is 5.44. The number of rotatable bonds is 5. The first-order valence-electron chi connectivity index (χ1n) is 8.82. The number of hydrogen-bond donors (Lipinski definition) is 1. The lowest BCUT2D eigenvalue weighted by molar-refractivity contribution is 0.0339. The van der Waals surface area contributed by atoms with Crippen molar-refractivity contribution in [1.29, 1.82) is 0 Å². The highest BCUT2D eigenvalue weighted by Gasteiger charge is 2.26. The number of nitrogens with one attached hydrogen (secondary N) is 1. The molecule has 2 fully saturated rings. The summed E-state index contributed by atoms with van der Waals surface area (Å²) in [5.74, 6) is 0.518. The first-order chi connectivity index (χ1) is 11.9. The lowest BCUT2D eigenvalue weighted by atomic mass is 9.92. The molecule has 0 amide bonds. The van der Waals surface area contributed by atoms with Crippen molar-refractivity contribution < 1.29 is 9.26 Å². The highest BCUT2D eigenvalue weighted by atomic mass is 16.5. The van der Waals surface area contributed by atoms with Crippen LogP contribution in [0.1, 0.15) is 35.7 Å². The summed E-state index contributed by atoms with van der Waals surface area (Å²) in [5.41, 5.74) is 3.66. The third-order valence-corrected chi connectivity index (χ3v) is 5.04. The Labute approximate surface area is 141 Å². The summed E-state index contributed by atoms with van der Waals surface area (Å²) >= 11 is 0. The van der Waals surface area contributed by atoms with Gasteiger partial charge in [0.1, 0.15) is 6.26 Å². The molecule has 2 saturated heterocycles. The molecule has 2 aliphatic rings. The molecule has 1 unspecified atom stereocenters. The molecule has 24 heavy (non-hydrogen) atoms. The molecule has 0 saturated carbocycles. The van der Waals surface area contributed by atoms with Gasteiger partial charge in [0, 0.05) is 56.0 Å². The van der Waals surface area contributed by atoms with E-state index in [2.05, 4.69) is 25.2 Å². The maximum Gasteiger partial charge on any atom is 0.124 e. The molecule has 0 aromatic carbocycles. The van der Waals surface area contributed by atoms with Crippen LogP contribution < -0.4 is 0 Å². The molecule has 0 radical (unpaired) electrons. The SMILES string of the molecule is c1cc(CN2CCCC(c3[nH]ncc3CN3CCOCC3)C2)no1. The predicted octanol–water partition coefficient (Wildman–Crippen LogP) is 1.61. The zero-order valence-corrected chi connectivity index (χ0v) is 14.0. The molecule has 7 heteroatoms. The van der Waals surface area contributed by atoms with Crippen LogP contribution >= 0.6 is 0 Å². The van der Waals surface area contributed by atoms with E-state index >= 15 is 0 Å². The summed E-state index contributed by atoms with van der Waals surface area (Å²) < 4.78 is 10.4. The van der Waals surface area contributed by atoms with Crippen molar-refractivity contribution in [2.45, 2.75) is 31.8 Å². The largest absolute Gasteiger partial charge is 0.379 e. The number of likely N-dealkylation sites (tertiary alicyclic amines) is 1. The Balaban J connectivity index is 1.40. The van der Waals surface area contributed by atoms with Gasteiger partial charge >= 0.3 is 0 Å². The van der Waals surface area contributed by atoms with Crippen LogP contribution in [0.5, 0.6) is 0 Å². The van der Waals surface area contributed by atoms with E-state index < -0.39 is 0 Å². The van der Waals surface area contributed by atoms with Crippen LogP contribution in [0.15, 0.2) is 23.0 Å². The van der Waals surface area contributed by atoms with Crippen molar-refractivity contribution in [3.8, 4) is 0 Å². The molecule has 0 aliphatic carbocycles. The van der Waals surface area contributed by atoms with Gasteiger partial charge in [0.15, 0.2) is 0 Å². The van der Waals surface area contributed by atoms with E-state index in [9.17, 15) is 0 Å². The summed E-state index contributed by atoms with van der Waals surface area (Å²) in [4.78, 5) is 4.92. The van der Waals surface area contributed by atoms with Gasteiger partial charge in [0.25, 0.3) is 0 Å². The molecule has 2 aromatic heterocycles. The Kier molecular flexibility index (Phi) is 4.91. The van der Waals surface area contributed by atoms with Gasteiger partial charge in [-0.1, -0.05) is 5.16 Å². The van der Waals surface area contributed by atoms with Crippen molar-refractivity contribution in [1.82, 2.24) is 25.2 Å². The predicted molar refractivity (Wildman–Crippen MR) is 88.4 cm³/mol. The first kappa shape index (κ1) is 15.8. The minimum Gasteiger partial charge on any atom is -0.379 e. The fraction of sp³-hybridized carbons (Fsp3) is 0.647. The lowest BCUT2D eigenvalue weighted by Crippen LogP contribution is -2.37. The maximum absolute atomic E-state index is 5.44. The Morgan fingerprint density at radius 1 is 1.17 bits per heavy atom. The van der Waals surface area contributed by atoms with Crippen LogP contribution in [-0.2, 0) is 17.8 Å². The van der Waals surface area contributed by atoms with Gasteiger partial charge in [-0.3, -0.25) is 14.9 Å². The van der Waals surface area contributed by atoms with Crippen LogP contribution in [-0.4, -0.2) is 64.5 Å². The number of hydrogen-bond acceptors (Lipinski definition) is 6. The van der Waals surface area contributed by atoms with E-state index in [1.54, 1.807) is 6.26 Å². The van der Waals surface area contributed by atoms with Gasteiger partial charge in [0.05, 0.1) is 25.1 Å². The quantitative estimate of drug-likeness (QED) is 0.897. The fourth-order valence-corrected chi connectivity index (χ4v) is 3.78. The number of H-pyrrole nitrogens is 1. The number of aromatic amines is 1. The number of nitrogens with zero attached hydrogens (tertiary/aromatic N) is 4. The number of ether oxygens (including phenoxy) is 1. The van der Waals surface area contributed by atoms with Gasteiger partial charge in [-0.15, -0.1) is 0 Å². The van der Waals surface area contributed by atoms with Crippen LogP contribution in [0.4, 0.5) is 0 Å². The summed E-state index contributed by atoms with van der Waals surface area (Å²) in [6.07, 6.45) is 6.07. The van der Waals surface area contributed by atoms with Gasteiger partial charge < -0.3 is 9.26 Å². The zero-order chi connectivity index (χ0) is 16.2. The van der Waals surface area contributed by atoms with Gasteiger partial charge in [0.2, 0.25) is 0 Å². The van der Waals surface area contributed by atoms with Crippen molar-refractivity contribution in [2.24, 2.45) is 0 Å². The molecule has 0 bridgehead atoms. The second kappa shape index (κ2) is 7.46. The first-order valence-corrected chi connectivity index (χ1v) is 8.82. The van der Waals surface area contributed by atoms with Crippen LogP contribution in [0, 0.1) is 0 Å². The van der Waals surface area contributed by atoms with E-state index in [1.807, 2.05) is 12.3 Å². The minimum absolute atomic E-state index is 0.518. The third kappa shape index (κ3) is 3.68. The molecule has 2 aromatic rings. The Hall–Kier alpha value is -1.70. The van der Waals surface area contributed by atoms with Gasteiger partial charge in [-0.05, 0) is 19.4 Å². The molecular formula is C17H25N5O2. The summed E-state index contributed by atoms with van der Waals surface area (Å²) in [6.45, 7) is 7.68. The second-order valence-electron chi connectivity index (χ2n) is 6.76. The second-order valence-corrected chi connectivity index (χ2v) is 6.76. The molecule has 2 aliphatic heterocycles. The molecule has 0 spiro atoms. The topological polar surface area (TPSA) is 70.4 Å². The lowest BCUT2D eigenvalue weighted by Gasteiger charge is -2.32. The smallest absolute Gasteiger partial charge is 0.124 e. The molecule has 4 rings (SSSR count). The zero-order valence-electron chi connectivity index (χ0n) is 14.0. The molecule has 1 N–H and O–H groups in total. The molecule has 1 atom stereocenters. The van der Waals surface area contributed by atoms with Crippen molar-refractivity contribution in [2.75, 3.05) is 39.4 Å². The van der Waals surface area contributed by atoms with E-state index in [1.165, 1.54) is 24.1 Å². The Morgan fingerprint density at radius 2 is 2.08 bits per heavy atom. The molecular weight excluding hydrogens is 306 g/mol. The molecule has 7 nitrogen and oxygen atoms in total. The Bertz CT molecular complexity index is 621. The average Bonchev–Trinajstić information content (AvgIpc) is 3.28. The van der Waals surface area contributed by atoms with E-state index in [0.29, 0.717) is 5.92 Å². The monoisotopic (exact) mass is 331 g/mol. The van der Waals surface area contributed by atoms with Crippen molar-refractivity contribution in [3.63, 3.8) is 0 Å². The molecule has 4 heterocycles. The molecule has 130 valence electrons. The number of aromatic nitrogens is 3. The van der Waals surface area contributed by atoms with Gasteiger partial charge in [-0.2, -0.15) is 5.10 Å². The van der Waals surface area contributed by atoms with Crippen LogP contribution in [0.2, 0.25) is 0 Å². The third-order valence-electron chi connectivity index (χ3n) is 5.04. The van der Waals surface area contributed by atoms with Crippen molar-refractivity contribution >= 4 is 0 Å². The summed E-state index contributed by atoms with van der Waals surface area (Å²) in [5, 5.41) is 11.6. The van der Waals surface area contributed by atoms with Gasteiger partial charge in [-0.25, -0.2) is 0 Å². The van der Waals surface area contributed by atoms with E-state index in [-0.39, 0.29) is 0 Å². The van der Waals surface area contributed by atoms with Crippen LogP contribution in [0.3, 0.4) is 0 Å². The van der Waals surface area contributed by atoms with Crippen LogP contribution in [0.25, 0.3) is 0 Å².